The number of aryl methyl sites for hydroxylation is 1. The Kier molecular flexibility index (Phi) is 4.31. The third-order valence-corrected chi connectivity index (χ3v) is 6.63. The number of nitrogens with one attached hydrogen (secondary N) is 1. The summed E-state index contributed by atoms with van der Waals surface area (Å²) in [5.74, 6) is 0.924. The first-order valence-corrected chi connectivity index (χ1v) is 9.17. The second-order valence-electron chi connectivity index (χ2n) is 5.87. The van der Waals surface area contributed by atoms with Crippen LogP contribution in [0.5, 0.6) is 0 Å². The van der Waals surface area contributed by atoms with E-state index in [0.717, 1.165) is 5.92 Å². The van der Waals surface area contributed by atoms with Gasteiger partial charge in [0.2, 0.25) is 0 Å². The van der Waals surface area contributed by atoms with Crippen LogP contribution in [0.3, 0.4) is 0 Å². The highest BCUT2D eigenvalue weighted by Crippen LogP contribution is 2.37. The van der Waals surface area contributed by atoms with Crippen LogP contribution in [-0.4, -0.2) is 6.04 Å². The average molecular weight is 375 g/mol. The first kappa shape index (κ1) is 13.4. The quantitative estimate of drug-likeness (QED) is 0.741. The zero-order chi connectivity index (χ0) is 12.5. The van der Waals surface area contributed by atoms with Crippen molar-refractivity contribution < 1.29 is 0 Å². The standard InChI is InChI=1S/C15H22INS/c1-10(11-5-2-3-6-11)17-13-7-4-8-14-12(13)9-15(16)18-14/h9-11,13,17H,2-8H2,1H3. The van der Waals surface area contributed by atoms with E-state index in [0.29, 0.717) is 12.1 Å². The predicted molar refractivity (Wildman–Crippen MR) is 87.3 cm³/mol. The molecule has 1 aromatic rings. The molecule has 1 nitrogen and oxygen atoms in total. The van der Waals surface area contributed by atoms with Crippen LogP contribution in [0, 0.1) is 8.80 Å². The van der Waals surface area contributed by atoms with Gasteiger partial charge in [-0.3, -0.25) is 0 Å². The molecule has 2 atom stereocenters. The maximum atomic E-state index is 3.93. The smallest absolute Gasteiger partial charge is 0.0659 e. The molecule has 0 amide bonds. The summed E-state index contributed by atoms with van der Waals surface area (Å²) in [7, 11) is 0. The number of rotatable bonds is 3. The maximum Gasteiger partial charge on any atom is 0.0659 e. The molecular weight excluding hydrogens is 353 g/mol. The van der Waals surface area contributed by atoms with Crippen LogP contribution >= 0.6 is 33.9 Å². The molecule has 18 heavy (non-hydrogen) atoms. The molecule has 1 heterocycles. The minimum Gasteiger partial charge on any atom is -0.307 e. The van der Waals surface area contributed by atoms with Gasteiger partial charge in [-0.1, -0.05) is 12.8 Å². The van der Waals surface area contributed by atoms with Crippen molar-refractivity contribution in [1.82, 2.24) is 5.32 Å². The monoisotopic (exact) mass is 375 g/mol. The Hall–Kier alpha value is 0.390. The topological polar surface area (TPSA) is 12.0 Å². The first-order valence-electron chi connectivity index (χ1n) is 7.28. The Labute approximate surface area is 128 Å². The fraction of sp³-hybridized carbons (Fsp3) is 0.733. The van der Waals surface area contributed by atoms with E-state index >= 15 is 0 Å². The Bertz CT molecular complexity index is 409. The van der Waals surface area contributed by atoms with Gasteiger partial charge < -0.3 is 5.32 Å². The average Bonchev–Trinajstić information content (AvgIpc) is 2.96. The van der Waals surface area contributed by atoms with Gasteiger partial charge in [0.05, 0.1) is 2.88 Å². The summed E-state index contributed by atoms with van der Waals surface area (Å²) >= 11 is 4.47. The van der Waals surface area contributed by atoms with E-state index in [2.05, 4.69) is 40.9 Å². The van der Waals surface area contributed by atoms with Crippen molar-refractivity contribution in [3.63, 3.8) is 0 Å². The van der Waals surface area contributed by atoms with Crippen LogP contribution < -0.4 is 5.32 Å². The van der Waals surface area contributed by atoms with Crippen LogP contribution in [-0.2, 0) is 6.42 Å². The fourth-order valence-electron chi connectivity index (χ4n) is 3.61. The van der Waals surface area contributed by atoms with Gasteiger partial charge in [-0.15, -0.1) is 11.3 Å². The Morgan fingerprint density at radius 3 is 2.83 bits per heavy atom. The molecule has 2 unspecified atom stereocenters. The number of halogens is 1. The lowest BCUT2D eigenvalue weighted by Gasteiger charge is -2.30. The Morgan fingerprint density at radius 1 is 1.28 bits per heavy atom. The summed E-state index contributed by atoms with van der Waals surface area (Å²) in [6.07, 6.45) is 9.77. The van der Waals surface area contributed by atoms with Gasteiger partial charge >= 0.3 is 0 Å². The summed E-state index contributed by atoms with van der Waals surface area (Å²) in [5.41, 5.74) is 1.61. The molecule has 1 fully saturated rings. The largest absolute Gasteiger partial charge is 0.307 e. The number of thiophene rings is 1. The highest BCUT2D eigenvalue weighted by atomic mass is 127. The normalized spacial score (nSPS) is 26.2. The summed E-state index contributed by atoms with van der Waals surface area (Å²) in [6, 6.07) is 3.74. The zero-order valence-corrected chi connectivity index (χ0v) is 14.0. The molecule has 1 aromatic heterocycles. The van der Waals surface area contributed by atoms with Crippen molar-refractivity contribution >= 4 is 33.9 Å². The predicted octanol–water partition coefficient (Wildman–Crippen LogP) is 4.90. The van der Waals surface area contributed by atoms with Gasteiger partial charge in [0.15, 0.2) is 0 Å². The van der Waals surface area contributed by atoms with E-state index in [1.54, 1.807) is 10.4 Å². The van der Waals surface area contributed by atoms with Gasteiger partial charge in [-0.05, 0) is 79.2 Å². The van der Waals surface area contributed by atoms with E-state index in [9.17, 15) is 0 Å². The number of hydrogen-bond acceptors (Lipinski definition) is 2. The molecule has 0 saturated heterocycles. The third-order valence-electron chi connectivity index (χ3n) is 4.65. The summed E-state index contributed by atoms with van der Waals surface area (Å²) in [4.78, 5) is 1.64. The molecule has 1 N–H and O–H groups in total. The highest BCUT2D eigenvalue weighted by molar-refractivity contribution is 14.1. The summed E-state index contributed by atoms with van der Waals surface area (Å²) in [5, 5.41) is 3.93. The van der Waals surface area contributed by atoms with Crippen LogP contribution in [0.15, 0.2) is 6.07 Å². The lowest BCUT2D eigenvalue weighted by atomic mass is 9.91. The summed E-state index contributed by atoms with van der Waals surface area (Å²) < 4.78 is 1.46. The van der Waals surface area contributed by atoms with Crippen molar-refractivity contribution in [2.75, 3.05) is 0 Å². The van der Waals surface area contributed by atoms with Crippen LogP contribution in [0.4, 0.5) is 0 Å². The minimum atomic E-state index is 0.629. The molecule has 1 saturated carbocycles. The van der Waals surface area contributed by atoms with E-state index in [1.165, 1.54) is 47.8 Å². The van der Waals surface area contributed by atoms with Crippen LogP contribution in [0.25, 0.3) is 0 Å². The fourth-order valence-corrected chi connectivity index (χ4v) is 5.72. The molecular formula is C15H22INS. The molecule has 0 spiro atoms. The van der Waals surface area contributed by atoms with Gasteiger partial charge in [0.1, 0.15) is 0 Å². The Morgan fingerprint density at radius 2 is 2.06 bits per heavy atom. The third kappa shape index (κ3) is 2.78. The van der Waals surface area contributed by atoms with Gasteiger partial charge in [0.25, 0.3) is 0 Å². The molecule has 0 radical (unpaired) electrons. The maximum absolute atomic E-state index is 3.93. The molecule has 2 aliphatic carbocycles. The first-order chi connectivity index (χ1) is 8.74. The minimum absolute atomic E-state index is 0.629. The van der Waals surface area contributed by atoms with Crippen molar-refractivity contribution in [2.24, 2.45) is 5.92 Å². The van der Waals surface area contributed by atoms with Crippen molar-refractivity contribution in [3.8, 4) is 0 Å². The second-order valence-corrected chi connectivity index (χ2v) is 8.90. The second kappa shape index (κ2) is 5.80. The number of fused-ring (bicyclic) bond motifs is 1. The molecule has 0 bridgehead atoms. The van der Waals surface area contributed by atoms with Crippen LogP contribution in [0.2, 0.25) is 0 Å². The van der Waals surface area contributed by atoms with Crippen molar-refractivity contribution in [3.05, 3.63) is 19.4 Å². The van der Waals surface area contributed by atoms with Crippen molar-refractivity contribution in [2.45, 2.75) is 64.0 Å². The molecule has 2 aliphatic rings. The van der Waals surface area contributed by atoms with E-state index in [4.69, 9.17) is 0 Å². The van der Waals surface area contributed by atoms with Gasteiger partial charge in [0, 0.05) is 17.0 Å². The number of hydrogen-bond donors (Lipinski definition) is 1. The van der Waals surface area contributed by atoms with E-state index in [-0.39, 0.29) is 0 Å². The lowest BCUT2D eigenvalue weighted by molar-refractivity contribution is 0.325. The lowest BCUT2D eigenvalue weighted by Crippen LogP contribution is -2.36. The van der Waals surface area contributed by atoms with Gasteiger partial charge in [-0.2, -0.15) is 0 Å². The van der Waals surface area contributed by atoms with E-state index in [1.807, 2.05) is 11.3 Å². The zero-order valence-electron chi connectivity index (χ0n) is 11.0. The van der Waals surface area contributed by atoms with Gasteiger partial charge in [-0.25, -0.2) is 0 Å². The molecule has 3 rings (SSSR count). The van der Waals surface area contributed by atoms with Crippen molar-refractivity contribution in [1.29, 1.82) is 0 Å². The van der Waals surface area contributed by atoms with E-state index < -0.39 is 0 Å². The summed E-state index contributed by atoms with van der Waals surface area (Å²) in [6.45, 7) is 2.40. The molecule has 0 aliphatic heterocycles. The molecule has 3 heteroatoms. The Balaban J connectivity index is 1.69. The van der Waals surface area contributed by atoms with Crippen LogP contribution in [0.1, 0.15) is 61.9 Å². The highest BCUT2D eigenvalue weighted by Gasteiger charge is 2.27. The SMILES string of the molecule is CC(NC1CCCc2sc(I)cc21)C1CCCC1. The molecule has 100 valence electrons. The molecule has 0 aromatic carbocycles.